The maximum atomic E-state index is 13.8. The molecule has 7 nitrogen and oxygen atoms in total. The summed E-state index contributed by atoms with van der Waals surface area (Å²) >= 11 is 0. The van der Waals surface area contributed by atoms with Crippen molar-refractivity contribution in [3.8, 4) is 11.1 Å². The van der Waals surface area contributed by atoms with Crippen LogP contribution in [0.15, 0.2) is 72.9 Å². The summed E-state index contributed by atoms with van der Waals surface area (Å²) in [6.07, 6.45) is 4.33. The van der Waals surface area contributed by atoms with E-state index in [4.69, 9.17) is 9.47 Å². The summed E-state index contributed by atoms with van der Waals surface area (Å²) in [5, 5.41) is 4.06. The number of carbonyl (C=O) groups is 2. The smallest absolute Gasteiger partial charge is 0.412 e. The maximum absolute atomic E-state index is 13.8. The lowest BCUT2D eigenvalue weighted by Gasteiger charge is -2.26. The summed E-state index contributed by atoms with van der Waals surface area (Å²) in [5.74, 6) is 0.590. The fourth-order valence-corrected chi connectivity index (χ4v) is 5.84. The molecular weight excluding hydrogens is 538 g/mol. The number of morpholine rings is 1. The number of aromatic nitrogens is 1. The summed E-state index contributed by atoms with van der Waals surface area (Å²) in [4.78, 5) is 29.0. The van der Waals surface area contributed by atoms with Gasteiger partial charge in [0.2, 0.25) is 0 Å². The first-order valence-corrected chi connectivity index (χ1v) is 15.4. The molecule has 0 unspecified atom stereocenters. The Labute approximate surface area is 253 Å². The van der Waals surface area contributed by atoms with Gasteiger partial charge in [-0.1, -0.05) is 36.4 Å². The first kappa shape index (κ1) is 29.1. The van der Waals surface area contributed by atoms with Crippen molar-refractivity contribution in [2.75, 3.05) is 38.2 Å². The molecule has 7 heteroatoms. The Morgan fingerprint density at radius 2 is 1.70 bits per heavy atom. The molecular formula is C36H41N3O4. The molecule has 0 spiro atoms. The van der Waals surface area contributed by atoms with Crippen LogP contribution in [0.5, 0.6) is 0 Å². The van der Waals surface area contributed by atoms with Crippen molar-refractivity contribution < 1.29 is 19.1 Å². The number of amides is 1. The molecule has 1 amide bonds. The second-order valence-corrected chi connectivity index (χ2v) is 12.7. The van der Waals surface area contributed by atoms with E-state index in [0.29, 0.717) is 17.2 Å². The maximum Gasteiger partial charge on any atom is 0.412 e. The molecule has 0 radical (unpaired) electrons. The Hall–Kier alpha value is -3.94. The number of Topliss-reactive ketones (excluding diaryl/α,β-unsaturated/α-hetero) is 1. The lowest BCUT2D eigenvalue weighted by molar-refractivity contribution is 0.0365. The Bertz CT molecular complexity index is 1610. The lowest BCUT2D eigenvalue weighted by Crippen LogP contribution is -2.38. The Morgan fingerprint density at radius 1 is 0.930 bits per heavy atom. The van der Waals surface area contributed by atoms with Gasteiger partial charge >= 0.3 is 6.09 Å². The minimum absolute atomic E-state index is 0.0159. The number of hydrogen-bond acceptors (Lipinski definition) is 5. The molecule has 2 heterocycles. The number of hydrogen-bond donors (Lipinski definition) is 1. The third-order valence-corrected chi connectivity index (χ3v) is 8.21. The Kier molecular flexibility index (Phi) is 8.37. The van der Waals surface area contributed by atoms with Crippen LogP contribution in [0.1, 0.15) is 61.0 Å². The van der Waals surface area contributed by atoms with Gasteiger partial charge in [0.1, 0.15) is 5.60 Å². The molecule has 1 N–H and O–H groups in total. The van der Waals surface area contributed by atoms with Gasteiger partial charge in [-0.25, -0.2) is 4.79 Å². The highest BCUT2D eigenvalue weighted by Crippen LogP contribution is 2.44. The van der Waals surface area contributed by atoms with E-state index in [1.54, 1.807) is 0 Å². The summed E-state index contributed by atoms with van der Waals surface area (Å²) in [7, 11) is 0. The van der Waals surface area contributed by atoms with Crippen LogP contribution in [-0.2, 0) is 22.4 Å². The molecule has 3 aromatic carbocycles. The second kappa shape index (κ2) is 12.3. The van der Waals surface area contributed by atoms with Gasteiger partial charge in [-0.2, -0.15) is 0 Å². The average Bonchev–Trinajstić information content (AvgIpc) is 3.77. The lowest BCUT2D eigenvalue weighted by atomic mass is 9.96. The fraction of sp³-hybridized carbons (Fsp3) is 0.389. The van der Waals surface area contributed by atoms with Gasteiger partial charge < -0.3 is 14.0 Å². The molecule has 1 aliphatic carbocycles. The zero-order valence-corrected chi connectivity index (χ0v) is 25.4. The zero-order chi connectivity index (χ0) is 30.0. The summed E-state index contributed by atoms with van der Waals surface area (Å²) in [6, 6.07) is 22.0. The van der Waals surface area contributed by atoms with E-state index in [0.717, 1.165) is 56.1 Å². The third kappa shape index (κ3) is 7.17. The minimum Gasteiger partial charge on any atom is -0.444 e. The fourth-order valence-electron chi connectivity index (χ4n) is 5.84. The van der Waals surface area contributed by atoms with E-state index < -0.39 is 11.7 Å². The van der Waals surface area contributed by atoms with E-state index in [-0.39, 0.29) is 12.2 Å². The number of rotatable bonds is 9. The molecule has 1 saturated heterocycles. The van der Waals surface area contributed by atoms with Crippen LogP contribution in [0.25, 0.3) is 22.0 Å². The topological polar surface area (TPSA) is 72.8 Å². The molecule has 0 atom stereocenters. The van der Waals surface area contributed by atoms with Gasteiger partial charge in [-0.05, 0) is 92.1 Å². The summed E-state index contributed by atoms with van der Waals surface area (Å²) in [6.45, 7) is 11.0. The van der Waals surface area contributed by atoms with Crippen LogP contribution in [0.3, 0.4) is 0 Å². The molecule has 224 valence electrons. The van der Waals surface area contributed by atoms with E-state index >= 15 is 0 Å². The van der Waals surface area contributed by atoms with E-state index in [2.05, 4.69) is 33.1 Å². The monoisotopic (exact) mass is 579 g/mol. The van der Waals surface area contributed by atoms with E-state index in [1.807, 2.05) is 75.4 Å². The number of nitrogens with one attached hydrogen (secondary N) is 1. The van der Waals surface area contributed by atoms with Crippen LogP contribution in [-0.4, -0.2) is 59.8 Å². The molecule has 1 saturated carbocycles. The number of benzene rings is 3. The van der Waals surface area contributed by atoms with Gasteiger partial charge in [0.05, 0.1) is 13.2 Å². The van der Waals surface area contributed by atoms with E-state index in [1.165, 1.54) is 29.3 Å². The van der Waals surface area contributed by atoms with Crippen molar-refractivity contribution >= 4 is 28.5 Å². The van der Waals surface area contributed by atoms with Gasteiger partial charge in [-0.15, -0.1) is 0 Å². The summed E-state index contributed by atoms with van der Waals surface area (Å²) < 4.78 is 13.4. The van der Waals surface area contributed by atoms with Crippen molar-refractivity contribution in [1.82, 2.24) is 9.47 Å². The van der Waals surface area contributed by atoms with Crippen molar-refractivity contribution in [3.05, 3.63) is 89.6 Å². The molecule has 0 bridgehead atoms. The number of ketones is 1. The minimum atomic E-state index is -0.628. The van der Waals surface area contributed by atoms with Crippen LogP contribution >= 0.6 is 0 Å². The molecule has 4 aromatic rings. The quantitative estimate of drug-likeness (QED) is 0.211. The van der Waals surface area contributed by atoms with Crippen molar-refractivity contribution in [2.45, 2.75) is 58.1 Å². The van der Waals surface area contributed by atoms with Crippen LogP contribution < -0.4 is 5.32 Å². The highest BCUT2D eigenvalue weighted by Gasteiger charge is 2.28. The van der Waals surface area contributed by atoms with Gasteiger partial charge in [-0.3, -0.25) is 15.0 Å². The first-order chi connectivity index (χ1) is 20.7. The van der Waals surface area contributed by atoms with Crippen LogP contribution in [0, 0.1) is 0 Å². The highest BCUT2D eigenvalue weighted by molar-refractivity contribution is 6.02. The number of fused-ring (bicyclic) bond motifs is 1. The SMILES string of the molecule is CC(C)(C)OC(=O)Nc1ccc(-c2ccccc2)cc1CC(=O)c1ccc2c(c1)c(C1CC1)cn2CCN1CCOCC1. The van der Waals surface area contributed by atoms with Crippen molar-refractivity contribution in [2.24, 2.45) is 0 Å². The predicted octanol–water partition coefficient (Wildman–Crippen LogP) is 7.29. The molecule has 43 heavy (non-hydrogen) atoms. The second-order valence-electron chi connectivity index (χ2n) is 12.7. The molecule has 6 rings (SSSR count). The third-order valence-electron chi connectivity index (χ3n) is 8.21. The first-order valence-electron chi connectivity index (χ1n) is 15.4. The predicted molar refractivity (Wildman–Crippen MR) is 171 cm³/mol. The van der Waals surface area contributed by atoms with Crippen molar-refractivity contribution in [1.29, 1.82) is 0 Å². The number of nitrogens with zero attached hydrogens (tertiary/aromatic N) is 2. The normalized spacial score (nSPS) is 15.9. The highest BCUT2D eigenvalue weighted by atomic mass is 16.6. The van der Waals surface area contributed by atoms with Crippen LogP contribution in [0.2, 0.25) is 0 Å². The van der Waals surface area contributed by atoms with E-state index in [9.17, 15) is 9.59 Å². The van der Waals surface area contributed by atoms with Gasteiger partial charge in [0.15, 0.2) is 5.78 Å². The average molecular weight is 580 g/mol. The number of ether oxygens (including phenoxy) is 2. The Morgan fingerprint density at radius 3 is 2.42 bits per heavy atom. The standard InChI is InChI=1S/C36H41N3O4/c1-36(2,3)43-35(41)37-32-13-11-27(25-7-5-4-6-8-25)21-29(32)23-34(40)28-12-14-33-30(22-28)31(26-9-10-26)24-39(33)16-15-38-17-19-42-20-18-38/h4-8,11-14,21-22,24,26H,9-10,15-20,23H2,1-3H3,(H,37,41). The van der Waals surface area contributed by atoms with Crippen molar-refractivity contribution in [3.63, 3.8) is 0 Å². The molecule has 2 fully saturated rings. The zero-order valence-electron chi connectivity index (χ0n) is 25.4. The molecule has 1 aromatic heterocycles. The Balaban J connectivity index is 1.27. The summed E-state index contributed by atoms with van der Waals surface area (Å²) in [5.41, 5.74) is 5.97. The molecule has 1 aliphatic heterocycles. The number of anilines is 1. The number of carbonyl (C=O) groups excluding carboxylic acids is 2. The molecule has 2 aliphatic rings. The van der Waals surface area contributed by atoms with Gasteiger partial charge in [0.25, 0.3) is 0 Å². The van der Waals surface area contributed by atoms with Gasteiger partial charge in [0, 0.05) is 61.0 Å². The largest absolute Gasteiger partial charge is 0.444 e. The van der Waals surface area contributed by atoms with Crippen LogP contribution in [0.4, 0.5) is 10.5 Å².